The largest absolute Gasteiger partial charge is 0.462 e. The molecule has 3 rings (SSSR count). The third-order valence-corrected chi connectivity index (χ3v) is 4.45. The maximum atomic E-state index is 12.3. The second kappa shape index (κ2) is 9.54. The zero-order valence-corrected chi connectivity index (χ0v) is 16.3. The number of ether oxygens (including phenoxy) is 1. The van der Waals surface area contributed by atoms with Gasteiger partial charge in [-0.05, 0) is 49.6 Å². The molecule has 7 heteroatoms. The second-order valence-electron chi connectivity index (χ2n) is 6.47. The third kappa shape index (κ3) is 5.01. The maximum Gasteiger partial charge on any atom is 0.343 e. The van der Waals surface area contributed by atoms with E-state index in [-0.39, 0.29) is 23.9 Å². The van der Waals surface area contributed by atoms with Crippen LogP contribution in [0.1, 0.15) is 39.6 Å². The van der Waals surface area contributed by atoms with Crippen molar-refractivity contribution < 1.29 is 14.3 Å². The van der Waals surface area contributed by atoms with Crippen LogP contribution in [-0.2, 0) is 11.2 Å². The van der Waals surface area contributed by atoms with Crippen molar-refractivity contribution in [2.24, 2.45) is 0 Å². The second-order valence-corrected chi connectivity index (χ2v) is 6.47. The first-order valence-corrected chi connectivity index (χ1v) is 9.53. The number of hydrogen-bond acceptors (Lipinski definition) is 5. The number of nitrogens with one attached hydrogen (secondary N) is 1. The van der Waals surface area contributed by atoms with E-state index in [1.54, 1.807) is 31.2 Å². The number of aromatic nitrogens is 2. The average Bonchev–Trinajstić information content (AvgIpc) is 3.13. The van der Waals surface area contributed by atoms with E-state index in [1.165, 1.54) is 16.4 Å². The summed E-state index contributed by atoms with van der Waals surface area (Å²) in [5.74, 6) is -0.449. The highest BCUT2D eigenvalue weighted by atomic mass is 16.5. The first kappa shape index (κ1) is 20.1. The number of carbonyl (C=O) groups is 2. The number of nitrogen functional groups attached to an aromatic ring is 1. The lowest BCUT2D eigenvalue weighted by molar-refractivity contribution is 0.0527. The van der Waals surface area contributed by atoms with Gasteiger partial charge >= 0.3 is 5.97 Å². The normalized spacial score (nSPS) is 10.5. The van der Waals surface area contributed by atoms with E-state index in [2.05, 4.69) is 22.5 Å². The van der Waals surface area contributed by atoms with Crippen LogP contribution in [0.2, 0.25) is 0 Å². The van der Waals surface area contributed by atoms with Gasteiger partial charge in [0.25, 0.3) is 5.91 Å². The van der Waals surface area contributed by atoms with Crippen molar-refractivity contribution in [1.82, 2.24) is 15.1 Å². The van der Waals surface area contributed by atoms with E-state index in [0.29, 0.717) is 17.8 Å². The predicted octanol–water partition coefficient (Wildman–Crippen LogP) is 2.99. The van der Waals surface area contributed by atoms with Gasteiger partial charge in [-0.15, -0.1) is 0 Å². The fourth-order valence-electron chi connectivity index (χ4n) is 2.92. The van der Waals surface area contributed by atoms with E-state index in [4.69, 9.17) is 10.5 Å². The molecule has 150 valence electrons. The van der Waals surface area contributed by atoms with Gasteiger partial charge < -0.3 is 15.8 Å². The Balaban J connectivity index is 1.57. The molecule has 3 aromatic rings. The molecule has 0 aliphatic heterocycles. The summed E-state index contributed by atoms with van der Waals surface area (Å²) in [6, 6.07) is 17.0. The van der Waals surface area contributed by atoms with E-state index >= 15 is 0 Å². The number of anilines is 1. The Morgan fingerprint density at radius 2 is 1.83 bits per heavy atom. The lowest BCUT2D eigenvalue weighted by Gasteiger charge is -2.08. The summed E-state index contributed by atoms with van der Waals surface area (Å²) in [7, 11) is 0. The zero-order chi connectivity index (χ0) is 20.6. The molecule has 2 aromatic carbocycles. The molecule has 29 heavy (non-hydrogen) atoms. The molecule has 0 bridgehead atoms. The molecule has 0 radical (unpaired) electrons. The van der Waals surface area contributed by atoms with E-state index in [0.717, 1.165) is 12.8 Å². The fraction of sp³-hybridized carbons (Fsp3) is 0.227. The number of esters is 1. The number of carbonyl (C=O) groups excluding carboxylic acids is 2. The Bertz CT molecular complexity index is 965. The molecule has 7 nitrogen and oxygen atoms in total. The van der Waals surface area contributed by atoms with Crippen molar-refractivity contribution >= 4 is 17.7 Å². The van der Waals surface area contributed by atoms with Gasteiger partial charge in [-0.25, -0.2) is 9.48 Å². The fourth-order valence-corrected chi connectivity index (χ4v) is 2.92. The standard InChI is InChI=1S/C22H24N4O3/c1-2-29-22(28)19-15-25-26(20(19)23)18-12-10-17(11-13-18)21(27)24-14-6-9-16-7-4-3-5-8-16/h3-5,7-8,10-13,15H,2,6,9,14,23H2,1H3,(H,24,27). The van der Waals surface area contributed by atoms with Crippen molar-refractivity contribution in [2.45, 2.75) is 19.8 Å². The van der Waals surface area contributed by atoms with Gasteiger partial charge in [0.2, 0.25) is 0 Å². The Hall–Kier alpha value is -3.61. The molecule has 0 spiro atoms. The first-order valence-electron chi connectivity index (χ1n) is 9.53. The molecule has 3 N–H and O–H groups in total. The van der Waals surface area contributed by atoms with Crippen molar-refractivity contribution in [3.63, 3.8) is 0 Å². The summed E-state index contributed by atoms with van der Waals surface area (Å²) in [4.78, 5) is 24.2. The molecule has 1 aromatic heterocycles. The molecule has 0 atom stereocenters. The molecule has 0 aliphatic carbocycles. The van der Waals surface area contributed by atoms with Crippen LogP contribution in [0.4, 0.5) is 5.82 Å². The Morgan fingerprint density at radius 1 is 1.10 bits per heavy atom. The highest BCUT2D eigenvalue weighted by Crippen LogP contribution is 2.18. The molecule has 1 heterocycles. The van der Waals surface area contributed by atoms with Crippen molar-refractivity contribution in [1.29, 1.82) is 0 Å². The number of rotatable bonds is 8. The van der Waals surface area contributed by atoms with Gasteiger partial charge in [-0.2, -0.15) is 5.10 Å². The first-order chi connectivity index (χ1) is 14.1. The van der Waals surface area contributed by atoms with Crippen LogP contribution < -0.4 is 11.1 Å². The van der Waals surface area contributed by atoms with Crippen LogP contribution in [0.5, 0.6) is 0 Å². The quantitative estimate of drug-likeness (QED) is 0.453. The van der Waals surface area contributed by atoms with Gasteiger partial charge in [0.15, 0.2) is 0 Å². The number of amides is 1. The number of nitrogens with two attached hydrogens (primary N) is 1. The monoisotopic (exact) mass is 392 g/mol. The maximum absolute atomic E-state index is 12.3. The summed E-state index contributed by atoms with van der Waals surface area (Å²) in [6.45, 7) is 2.59. The van der Waals surface area contributed by atoms with Gasteiger partial charge in [-0.1, -0.05) is 30.3 Å². The zero-order valence-electron chi connectivity index (χ0n) is 16.3. The van der Waals surface area contributed by atoms with Crippen LogP contribution in [0.15, 0.2) is 60.8 Å². The van der Waals surface area contributed by atoms with Crippen LogP contribution in [0.25, 0.3) is 5.69 Å². The topological polar surface area (TPSA) is 99.2 Å². The highest BCUT2D eigenvalue weighted by Gasteiger charge is 2.17. The van der Waals surface area contributed by atoms with E-state index in [9.17, 15) is 9.59 Å². The van der Waals surface area contributed by atoms with E-state index < -0.39 is 5.97 Å². The summed E-state index contributed by atoms with van der Waals surface area (Å²) in [5, 5.41) is 7.07. The minimum absolute atomic E-state index is 0.134. The molecule has 1 amide bonds. The molecule has 0 unspecified atom stereocenters. The molecule has 0 saturated heterocycles. The van der Waals surface area contributed by atoms with Crippen molar-refractivity contribution in [3.8, 4) is 5.69 Å². The van der Waals surface area contributed by atoms with Crippen LogP contribution in [0, 0.1) is 0 Å². The molecular formula is C22H24N4O3. The van der Waals surface area contributed by atoms with Gasteiger partial charge in [0.1, 0.15) is 11.4 Å². The van der Waals surface area contributed by atoms with Gasteiger partial charge in [-0.3, -0.25) is 4.79 Å². The smallest absolute Gasteiger partial charge is 0.343 e. The third-order valence-electron chi connectivity index (χ3n) is 4.45. The SMILES string of the molecule is CCOC(=O)c1cnn(-c2ccc(C(=O)NCCCc3ccccc3)cc2)c1N. The molecular weight excluding hydrogens is 368 g/mol. The van der Waals surface area contributed by atoms with Crippen LogP contribution in [-0.4, -0.2) is 34.8 Å². The Kier molecular flexibility index (Phi) is 6.63. The predicted molar refractivity (Wildman–Crippen MR) is 111 cm³/mol. The molecule has 0 fully saturated rings. The number of hydrogen-bond donors (Lipinski definition) is 2. The Labute approximate surface area is 169 Å². The number of aryl methyl sites for hydroxylation is 1. The van der Waals surface area contributed by atoms with Crippen molar-refractivity contribution in [3.05, 3.63) is 77.5 Å². The average molecular weight is 392 g/mol. The lowest BCUT2D eigenvalue weighted by atomic mass is 10.1. The molecule has 0 saturated carbocycles. The number of benzene rings is 2. The summed E-state index contributed by atoms with van der Waals surface area (Å²) in [5.41, 5.74) is 8.68. The van der Waals surface area contributed by atoms with E-state index in [1.807, 2.05) is 18.2 Å². The lowest BCUT2D eigenvalue weighted by Crippen LogP contribution is -2.24. The minimum atomic E-state index is -0.511. The van der Waals surface area contributed by atoms with Gasteiger partial charge in [0, 0.05) is 12.1 Å². The summed E-state index contributed by atoms with van der Waals surface area (Å²) < 4.78 is 6.40. The van der Waals surface area contributed by atoms with Crippen LogP contribution >= 0.6 is 0 Å². The Morgan fingerprint density at radius 3 is 2.52 bits per heavy atom. The van der Waals surface area contributed by atoms with Crippen LogP contribution in [0.3, 0.4) is 0 Å². The summed E-state index contributed by atoms with van der Waals surface area (Å²) >= 11 is 0. The minimum Gasteiger partial charge on any atom is -0.462 e. The van der Waals surface area contributed by atoms with Crippen molar-refractivity contribution in [2.75, 3.05) is 18.9 Å². The highest BCUT2D eigenvalue weighted by molar-refractivity contribution is 5.95. The summed E-state index contributed by atoms with van der Waals surface area (Å²) in [6.07, 6.45) is 3.16. The van der Waals surface area contributed by atoms with Gasteiger partial charge in [0.05, 0.1) is 18.5 Å². The molecule has 0 aliphatic rings. The number of nitrogens with zero attached hydrogens (tertiary/aromatic N) is 2.